The lowest BCUT2D eigenvalue weighted by Gasteiger charge is -2.14. The number of nitrogens with one attached hydrogen (secondary N) is 4. The molecule has 0 fully saturated rings. The van der Waals surface area contributed by atoms with Gasteiger partial charge in [-0.15, -0.1) is 0 Å². The lowest BCUT2D eigenvalue weighted by Crippen LogP contribution is -2.30. The second kappa shape index (κ2) is 14.6. The zero-order chi connectivity index (χ0) is 30.1. The van der Waals surface area contributed by atoms with Crippen molar-refractivity contribution in [3.05, 3.63) is 68.2 Å². The molecule has 0 bridgehead atoms. The third-order valence-electron chi connectivity index (χ3n) is 5.77. The third kappa shape index (κ3) is 8.49. The lowest BCUT2D eigenvalue weighted by atomic mass is 10.0. The number of aromatic nitrogens is 3. The van der Waals surface area contributed by atoms with E-state index in [1.165, 1.54) is 24.5 Å². The average molecular weight is 604 g/mol. The van der Waals surface area contributed by atoms with E-state index in [1.54, 1.807) is 26.0 Å². The quantitative estimate of drug-likeness (QED) is 0.244. The minimum absolute atomic E-state index is 0.0891. The molecule has 4 N–H and O–H groups in total. The van der Waals surface area contributed by atoms with Crippen LogP contribution in [0.3, 0.4) is 0 Å². The molecule has 41 heavy (non-hydrogen) atoms. The average Bonchev–Trinajstić information content (AvgIpc) is 2.94. The minimum atomic E-state index is -0.772. The number of amides is 4. The molecule has 0 aliphatic rings. The van der Waals surface area contributed by atoms with Gasteiger partial charge in [0.15, 0.2) is 0 Å². The Morgan fingerprint density at radius 1 is 0.927 bits per heavy atom. The number of pyridine rings is 1. The Balaban J connectivity index is 1.99. The van der Waals surface area contributed by atoms with Crippen LogP contribution in [-0.4, -0.2) is 71.2 Å². The molecule has 3 aromatic rings. The molecule has 1 aromatic carbocycles. The van der Waals surface area contributed by atoms with Crippen LogP contribution in [0.25, 0.3) is 11.3 Å². The highest BCUT2D eigenvalue weighted by Crippen LogP contribution is 2.29. The zero-order valence-corrected chi connectivity index (χ0v) is 24.7. The van der Waals surface area contributed by atoms with Crippen molar-refractivity contribution in [3.63, 3.8) is 0 Å². The maximum atomic E-state index is 13.0. The van der Waals surface area contributed by atoms with Gasteiger partial charge >= 0.3 is 6.03 Å². The van der Waals surface area contributed by atoms with Gasteiger partial charge in [0.05, 0.1) is 21.4 Å². The standard InChI is InChI=1S/C27H32Cl2N8O4/c1-5-31-24(38)17-10-16(11-18(12-17)25(39)32-8-7-9-36(3)4)21-13-22(26(40)37(6-2)35-21)33-27(41)34-23-19(28)14-30-15-20(23)29/h10-15H,5-9H2,1-4H3,(H,31,38)(H,32,39)(H2,30,33,34,41). The number of nitrogens with zero attached hydrogens (tertiary/aromatic N) is 4. The fourth-order valence-corrected chi connectivity index (χ4v) is 4.24. The van der Waals surface area contributed by atoms with Crippen LogP contribution in [0.5, 0.6) is 0 Å². The van der Waals surface area contributed by atoms with Crippen LogP contribution in [0.2, 0.25) is 10.0 Å². The Labute approximate surface area is 247 Å². The molecule has 2 heterocycles. The Kier molecular flexibility index (Phi) is 11.2. The monoisotopic (exact) mass is 602 g/mol. The number of halogens is 2. The lowest BCUT2D eigenvalue weighted by molar-refractivity contribution is 0.0952. The summed E-state index contributed by atoms with van der Waals surface area (Å²) in [5.41, 5.74) is 0.632. The predicted molar refractivity (Wildman–Crippen MR) is 160 cm³/mol. The van der Waals surface area contributed by atoms with E-state index in [0.717, 1.165) is 17.6 Å². The van der Waals surface area contributed by atoms with E-state index in [0.29, 0.717) is 18.7 Å². The summed E-state index contributed by atoms with van der Waals surface area (Å²) in [6, 6.07) is 5.25. The maximum absolute atomic E-state index is 13.0. The molecule has 0 aliphatic heterocycles. The summed E-state index contributed by atoms with van der Waals surface area (Å²) >= 11 is 12.2. The van der Waals surface area contributed by atoms with E-state index in [-0.39, 0.29) is 56.6 Å². The number of urea groups is 1. The van der Waals surface area contributed by atoms with Crippen LogP contribution in [-0.2, 0) is 6.54 Å². The molecule has 0 aliphatic carbocycles. The summed E-state index contributed by atoms with van der Waals surface area (Å²) in [5.74, 6) is -0.729. The highest BCUT2D eigenvalue weighted by Gasteiger charge is 2.18. The van der Waals surface area contributed by atoms with Gasteiger partial charge in [-0.25, -0.2) is 9.48 Å². The molecule has 3 rings (SSSR count). The van der Waals surface area contributed by atoms with E-state index < -0.39 is 11.6 Å². The Hall–Kier alpha value is -4.00. The first-order valence-electron chi connectivity index (χ1n) is 12.9. The molecule has 0 radical (unpaired) electrons. The largest absolute Gasteiger partial charge is 0.352 e. The molecule has 218 valence electrons. The van der Waals surface area contributed by atoms with E-state index in [9.17, 15) is 19.2 Å². The Morgan fingerprint density at radius 3 is 2.15 bits per heavy atom. The van der Waals surface area contributed by atoms with Crippen molar-refractivity contribution in [1.82, 2.24) is 30.3 Å². The Morgan fingerprint density at radius 2 is 1.56 bits per heavy atom. The predicted octanol–water partition coefficient (Wildman–Crippen LogP) is 3.71. The van der Waals surface area contributed by atoms with Crippen molar-refractivity contribution in [3.8, 4) is 11.3 Å². The van der Waals surface area contributed by atoms with E-state index >= 15 is 0 Å². The SMILES string of the molecule is CCNC(=O)c1cc(C(=O)NCCCN(C)C)cc(-c2cc(NC(=O)Nc3c(Cl)cncc3Cl)c(=O)n(CC)n2)c1. The third-order valence-corrected chi connectivity index (χ3v) is 6.35. The van der Waals surface area contributed by atoms with Gasteiger partial charge in [0, 0.05) is 48.7 Å². The topological polar surface area (TPSA) is 150 Å². The molecule has 0 saturated heterocycles. The van der Waals surface area contributed by atoms with Gasteiger partial charge in [0.1, 0.15) is 5.69 Å². The highest BCUT2D eigenvalue weighted by molar-refractivity contribution is 6.39. The second-order valence-electron chi connectivity index (χ2n) is 9.19. The summed E-state index contributed by atoms with van der Waals surface area (Å²) in [6.07, 6.45) is 3.38. The van der Waals surface area contributed by atoms with Crippen molar-refractivity contribution in [1.29, 1.82) is 0 Å². The number of hydrogen-bond donors (Lipinski definition) is 4. The van der Waals surface area contributed by atoms with Gasteiger partial charge in [-0.3, -0.25) is 19.4 Å². The number of aryl methyl sites for hydroxylation is 1. The number of benzene rings is 1. The van der Waals surface area contributed by atoms with Gasteiger partial charge in [-0.1, -0.05) is 23.2 Å². The zero-order valence-electron chi connectivity index (χ0n) is 23.2. The summed E-state index contributed by atoms with van der Waals surface area (Å²) in [5, 5.41) is 15.2. The first kappa shape index (κ1) is 31.5. The molecular formula is C27H32Cl2N8O4. The van der Waals surface area contributed by atoms with Crippen molar-refractivity contribution in [2.45, 2.75) is 26.8 Å². The van der Waals surface area contributed by atoms with Crippen LogP contribution < -0.4 is 26.8 Å². The molecule has 12 nitrogen and oxygen atoms in total. The van der Waals surface area contributed by atoms with E-state index in [2.05, 4.69) is 31.3 Å². The van der Waals surface area contributed by atoms with Crippen LogP contribution in [0, 0.1) is 0 Å². The van der Waals surface area contributed by atoms with Gasteiger partial charge in [-0.05, 0) is 65.2 Å². The molecule has 0 unspecified atom stereocenters. The maximum Gasteiger partial charge on any atom is 0.323 e. The molecule has 0 atom stereocenters. The molecule has 4 amide bonds. The van der Waals surface area contributed by atoms with Crippen LogP contribution in [0.15, 0.2) is 41.5 Å². The second-order valence-corrected chi connectivity index (χ2v) is 10.0. The summed E-state index contributed by atoms with van der Waals surface area (Å²) < 4.78 is 1.16. The number of anilines is 2. The molecule has 14 heteroatoms. The Bertz CT molecular complexity index is 1470. The summed E-state index contributed by atoms with van der Waals surface area (Å²) in [4.78, 5) is 57.4. The first-order valence-corrected chi connectivity index (χ1v) is 13.6. The highest BCUT2D eigenvalue weighted by atomic mass is 35.5. The van der Waals surface area contributed by atoms with Gasteiger partial charge in [0.25, 0.3) is 17.4 Å². The molecular weight excluding hydrogens is 571 g/mol. The van der Waals surface area contributed by atoms with Crippen molar-refractivity contribution in [2.75, 3.05) is 44.4 Å². The molecule has 0 saturated carbocycles. The van der Waals surface area contributed by atoms with Gasteiger partial charge < -0.3 is 26.2 Å². The number of carbonyl (C=O) groups excluding carboxylic acids is 3. The van der Waals surface area contributed by atoms with Crippen LogP contribution >= 0.6 is 23.2 Å². The van der Waals surface area contributed by atoms with E-state index in [4.69, 9.17) is 23.2 Å². The minimum Gasteiger partial charge on any atom is -0.352 e. The molecule has 2 aromatic heterocycles. The number of carbonyl (C=O) groups is 3. The smallest absolute Gasteiger partial charge is 0.323 e. The number of hydrogen-bond acceptors (Lipinski definition) is 7. The van der Waals surface area contributed by atoms with Crippen molar-refractivity contribution < 1.29 is 14.4 Å². The number of rotatable bonds is 11. The first-order chi connectivity index (χ1) is 19.5. The van der Waals surface area contributed by atoms with Crippen LogP contribution in [0.1, 0.15) is 41.0 Å². The van der Waals surface area contributed by atoms with Gasteiger partial charge in [0.2, 0.25) is 0 Å². The summed E-state index contributed by atoms with van der Waals surface area (Å²) in [6.45, 7) is 5.34. The van der Waals surface area contributed by atoms with Crippen molar-refractivity contribution >= 4 is 52.4 Å². The normalized spacial score (nSPS) is 10.8. The fourth-order valence-electron chi connectivity index (χ4n) is 3.78. The molecule has 0 spiro atoms. The van der Waals surface area contributed by atoms with Crippen molar-refractivity contribution in [2.24, 2.45) is 0 Å². The summed E-state index contributed by atoms with van der Waals surface area (Å²) in [7, 11) is 3.89. The fraction of sp³-hybridized carbons (Fsp3) is 0.333. The van der Waals surface area contributed by atoms with Crippen LogP contribution in [0.4, 0.5) is 16.2 Å². The van der Waals surface area contributed by atoms with E-state index in [1.807, 2.05) is 19.0 Å². The van der Waals surface area contributed by atoms with Gasteiger partial charge in [-0.2, -0.15) is 5.10 Å².